The first-order valence-electron chi connectivity index (χ1n) is 4.47. The number of nitrogens with zero attached hydrogens (tertiary/aromatic N) is 1. The highest BCUT2D eigenvalue weighted by molar-refractivity contribution is 6.35. The van der Waals surface area contributed by atoms with Crippen LogP contribution in [-0.4, -0.2) is 42.8 Å². The van der Waals surface area contributed by atoms with E-state index >= 15 is 0 Å². The summed E-state index contributed by atoms with van der Waals surface area (Å²) in [5, 5.41) is 3.04. The normalized spacial score (nSPS) is 18.1. The van der Waals surface area contributed by atoms with Gasteiger partial charge >= 0.3 is 0 Å². The maximum absolute atomic E-state index is 11.4. The lowest BCUT2D eigenvalue weighted by atomic mass is 10.2. The lowest BCUT2D eigenvalue weighted by Gasteiger charge is -2.26. The highest BCUT2D eigenvalue weighted by Gasteiger charge is 2.48. The molecule has 1 aliphatic carbocycles. The molecule has 0 aromatic carbocycles. The summed E-state index contributed by atoms with van der Waals surface area (Å²) in [6.07, 6.45) is 1.98. The number of hydrogen-bond acceptors (Lipinski definition) is 3. The van der Waals surface area contributed by atoms with E-state index in [9.17, 15) is 9.59 Å². The second-order valence-corrected chi connectivity index (χ2v) is 3.68. The van der Waals surface area contributed by atoms with Crippen LogP contribution in [-0.2, 0) is 9.59 Å². The summed E-state index contributed by atoms with van der Waals surface area (Å²) < 4.78 is 0. The molecule has 74 valence electrons. The monoisotopic (exact) mass is 184 g/mol. The number of Topliss-reactive ketones (excluding diaryl/α,β-unsaturated/α-hetero) is 1. The number of amides is 1. The van der Waals surface area contributed by atoms with Gasteiger partial charge in [-0.25, -0.2) is 0 Å². The minimum absolute atomic E-state index is 0.0858. The first-order valence-corrected chi connectivity index (χ1v) is 4.47. The predicted octanol–water partition coefficient (Wildman–Crippen LogP) is -0.214. The molecule has 1 fully saturated rings. The average Bonchev–Trinajstić information content (AvgIpc) is 2.83. The molecule has 0 heterocycles. The molecule has 0 aromatic rings. The van der Waals surface area contributed by atoms with E-state index in [1.807, 2.05) is 7.05 Å². The molecule has 0 spiro atoms. The van der Waals surface area contributed by atoms with Crippen molar-refractivity contribution in [3.8, 4) is 0 Å². The van der Waals surface area contributed by atoms with Crippen LogP contribution in [0, 0.1) is 0 Å². The van der Waals surface area contributed by atoms with Gasteiger partial charge in [-0.1, -0.05) is 0 Å². The van der Waals surface area contributed by atoms with Gasteiger partial charge < -0.3 is 10.2 Å². The van der Waals surface area contributed by atoms with Crippen molar-refractivity contribution in [3.63, 3.8) is 0 Å². The molecule has 1 rings (SSSR count). The summed E-state index contributed by atoms with van der Waals surface area (Å²) in [4.78, 5) is 23.8. The van der Waals surface area contributed by atoms with Crippen LogP contribution in [0.15, 0.2) is 0 Å². The van der Waals surface area contributed by atoms with Crippen molar-refractivity contribution in [2.24, 2.45) is 0 Å². The SMILES string of the molecule is CNCC1(N(C)C(=O)C(C)=O)CC1. The Morgan fingerprint density at radius 2 is 2.00 bits per heavy atom. The average molecular weight is 184 g/mol. The highest BCUT2D eigenvalue weighted by Crippen LogP contribution is 2.40. The highest BCUT2D eigenvalue weighted by atomic mass is 16.2. The zero-order chi connectivity index (χ0) is 10.1. The van der Waals surface area contributed by atoms with Crippen LogP contribution in [0.5, 0.6) is 0 Å². The van der Waals surface area contributed by atoms with Crippen LogP contribution >= 0.6 is 0 Å². The van der Waals surface area contributed by atoms with Crippen molar-refractivity contribution in [1.29, 1.82) is 0 Å². The molecule has 1 aliphatic rings. The Hall–Kier alpha value is -0.900. The third-order valence-corrected chi connectivity index (χ3v) is 2.65. The fourth-order valence-corrected chi connectivity index (χ4v) is 1.56. The molecule has 0 unspecified atom stereocenters. The Kier molecular flexibility index (Phi) is 2.71. The summed E-state index contributed by atoms with van der Waals surface area (Å²) in [5.74, 6) is -0.766. The maximum atomic E-state index is 11.4. The van der Waals surface area contributed by atoms with E-state index < -0.39 is 0 Å². The van der Waals surface area contributed by atoms with Crippen molar-refractivity contribution >= 4 is 11.7 Å². The fourth-order valence-electron chi connectivity index (χ4n) is 1.56. The Morgan fingerprint density at radius 3 is 2.31 bits per heavy atom. The van der Waals surface area contributed by atoms with Gasteiger partial charge in [-0.05, 0) is 19.9 Å². The standard InChI is InChI=1S/C9H16N2O2/c1-7(12)8(13)11(3)9(4-5-9)6-10-2/h10H,4-6H2,1-3H3. The van der Waals surface area contributed by atoms with Crippen molar-refractivity contribution in [2.75, 3.05) is 20.6 Å². The number of rotatable bonds is 4. The second-order valence-electron chi connectivity index (χ2n) is 3.68. The van der Waals surface area contributed by atoms with Gasteiger partial charge in [-0.3, -0.25) is 9.59 Å². The lowest BCUT2D eigenvalue weighted by molar-refractivity contribution is -0.144. The first kappa shape index (κ1) is 10.2. The minimum Gasteiger partial charge on any atom is -0.332 e. The van der Waals surface area contributed by atoms with Gasteiger partial charge in [0.2, 0.25) is 5.78 Å². The summed E-state index contributed by atoms with van der Waals surface area (Å²) in [6, 6.07) is 0. The Morgan fingerprint density at radius 1 is 1.46 bits per heavy atom. The van der Waals surface area contributed by atoms with Gasteiger partial charge in [-0.2, -0.15) is 0 Å². The van der Waals surface area contributed by atoms with Crippen LogP contribution in [0.4, 0.5) is 0 Å². The molecule has 1 N–H and O–H groups in total. The zero-order valence-corrected chi connectivity index (χ0v) is 8.39. The van der Waals surface area contributed by atoms with Crippen molar-refractivity contribution in [1.82, 2.24) is 10.2 Å². The first-order chi connectivity index (χ1) is 6.03. The number of ketones is 1. The van der Waals surface area contributed by atoms with Gasteiger partial charge in [0.25, 0.3) is 5.91 Å². The zero-order valence-electron chi connectivity index (χ0n) is 8.39. The molecule has 0 saturated heterocycles. The number of likely N-dealkylation sites (N-methyl/N-ethyl adjacent to an activating group) is 2. The topological polar surface area (TPSA) is 49.4 Å². The quantitative estimate of drug-likeness (QED) is 0.615. The molecular weight excluding hydrogens is 168 g/mol. The van der Waals surface area contributed by atoms with Gasteiger partial charge in [0.05, 0.1) is 5.54 Å². The Balaban J connectivity index is 2.61. The van der Waals surface area contributed by atoms with Crippen LogP contribution < -0.4 is 5.32 Å². The van der Waals surface area contributed by atoms with E-state index in [1.165, 1.54) is 6.92 Å². The molecular formula is C9H16N2O2. The molecule has 0 atom stereocenters. The van der Waals surface area contributed by atoms with Crippen molar-refractivity contribution in [2.45, 2.75) is 25.3 Å². The van der Waals surface area contributed by atoms with E-state index in [2.05, 4.69) is 5.32 Å². The molecule has 0 aromatic heterocycles. The molecule has 0 bridgehead atoms. The van der Waals surface area contributed by atoms with E-state index in [1.54, 1.807) is 11.9 Å². The molecule has 1 saturated carbocycles. The summed E-state index contributed by atoms with van der Waals surface area (Å²) in [6.45, 7) is 2.08. The predicted molar refractivity (Wildman–Crippen MR) is 49.3 cm³/mol. The smallest absolute Gasteiger partial charge is 0.289 e. The molecule has 0 radical (unpaired) electrons. The minimum atomic E-state index is -0.384. The number of carbonyl (C=O) groups is 2. The van der Waals surface area contributed by atoms with Crippen LogP contribution in [0.25, 0.3) is 0 Å². The third kappa shape index (κ3) is 1.88. The largest absolute Gasteiger partial charge is 0.332 e. The Bertz CT molecular complexity index is 234. The molecule has 13 heavy (non-hydrogen) atoms. The summed E-state index contributed by atoms with van der Waals surface area (Å²) >= 11 is 0. The van der Waals surface area contributed by atoms with Gasteiger partial charge in [0.15, 0.2) is 0 Å². The molecule has 4 nitrogen and oxygen atoms in total. The van der Waals surface area contributed by atoms with Gasteiger partial charge in [0, 0.05) is 20.5 Å². The molecule has 1 amide bonds. The third-order valence-electron chi connectivity index (χ3n) is 2.65. The molecule has 0 aliphatic heterocycles. The number of carbonyl (C=O) groups excluding carboxylic acids is 2. The fraction of sp³-hybridized carbons (Fsp3) is 0.778. The molecule has 4 heteroatoms. The summed E-state index contributed by atoms with van der Waals surface area (Å²) in [7, 11) is 3.56. The van der Waals surface area contributed by atoms with E-state index in [-0.39, 0.29) is 17.2 Å². The lowest BCUT2D eigenvalue weighted by Crippen LogP contribution is -2.46. The van der Waals surface area contributed by atoms with Gasteiger partial charge in [-0.15, -0.1) is 0 Å². The van der Waals surface area contributed by atoms with Crippen LogP contribution in [0.3, 0.4) is 0 Å². The number of hydrogen-bond donors (Lipinski definition) is 1. The number of nitrogens with one attached hydrogen (secondary N) is 1. The maximum Gasteiger partial charge on any atom is 0.289 e. The van der Waals surface area contributed by atoms with Gasteiger partial charge in [0.1, 0.15) is 0 Å². The van der Waals surface area contributed by atoms with Crippen molar-refractivity contribution < 1.29 is 9.59 Å². The van der Waals surface area contributed by atoms with E-state index in [4.69, 9.17) is 0 Å². The van der Waals surface area contributed by atoms with E-state index in [0.717, 1.165) is 19.4 Å². The second kappa shape index (κ2) is 3.46. The van der Waals surface area contributed by atoms with Crippen molar-refractivity contribution in [3.05, 3.63) is 0 Å². The van der Waals surface area contributed by atoms with E-state index in [0.29, 0.717) is 0 Å². The summed E-state index contributed by atoms with van der Waals surface area (Å²) in [5.41, 5.74) is -0.0858. The Labute approximate surface area is 78.3 Å². The van der Waals surface area contributed by atoms with Crippen LogP contribution in [0.1, 0.15) is 19.8 Å². The van der Waals surface area contributed by atoms with Crippen LogP contribution in [0.2, 0.25) is 0 Å².